The molecule has 0 bridgehead atoms. The topological polar surface area (TPSA) is 63.1 Å². The number of fused-ring (bicyclic) bond motifs is 1. The van der Waals surface area contributed by atoms with Gasteiger partial charge in [0.15, 0.2) is 0 Å². The van der Waals surface area contributed by atoms with E-state index in [9.17, 15) is 4.79 Å². The second kappa shape index (κ2) is 8.19. The van der Waals surface area contributed by atoms with Gasteiger partial charge in [0.05, 0.1) is 6.20 Å². The van der Waals surface area contributed by atoms with Crippen LogP contribution in [0, 0.1) is 5.92 Å². The number of aryl methyl sites for hydroxylation is 1. The van der Waals surface area contributed by atoms with Crippen molar-refractivity contribution in [2.75, 3.05) is 24.5 Å². The molecule has 2 aromatic heterocycles. The SMILES string of the molecule is Cn1cc(CCNC(=O)C2CCN(c3cnccn3)CC2)c2ccc(Cl)cc21. The normalized spacial score (nSPS) is 15.1. The van der Waals surface area contributed by atoms with E-state index in [0.717, 1.165) is 48.7 Å². The standard InChI is InChI=1S/C21H24ClN5O/c1-26-14-16(18-3-2-17(22)12-19(18)26)4-7-25-21(28)15-5-10-27(11-6-15)20-13-23-8-9-24-20/h2-3,8-9,12-15H,4-7,10-11H2,1H3,(H,25,28). The van der Waals surface area contributed by atoms with Crippen LogP contribution in [-0.4, -0.2) is 40.1 Å². The first kappa shape index (κ1) is 18.7. The van der Waals surface area contributed by atoms with Crippen molar-refractivity contribution in [3.05, 3.63) is 53.6 Å². The summed E-state index contributed by atoms with van der Waals surface area (Å²) in [6, 6.07) is 5.94. The summed E-state index contributed by atoms with van der Waals surface area (Å²) in [6.45, 7) is 2.31. The van der Waals surface area contributed by atoms with Crippen LogP contribution < -0.4 is 10.2 Å². The van der Waals surface area contributed by atoms with Crippen LogP contribution in [0.4, 0.5) is 5.82 Å². The molecule has 28 heavy (non-hydrogen) atoms. The molecule has 1 N–H and O–H groups in total. The minimum Gasteiger partial charge on any atom is -0.356 e. The van der Waals surface area contributed by atoms with Crippen molar-refractivity contribution in [3.63, 3.8) is 0 Å². The van der Waals surface area contributed by atoms with Crippen LogP contribution in [0.2, 0.25) is 5.02 Å². The predicted molar refractivity (Wildman–Crippen MR) is 112 cm³/mol. The van der Waals surface area contributed by atoms with E-state index in [1.807, 2.05) is 19.2 Å². The van der Waals surface area contributed by atoms with Gasteiger partial charge in [-0.25, -0.2) is 4.98 Å². The molecule has 1 fully saturated rings. The summed E-state index contributed by atoms with van der Waals surface area (Å²) >= 11 is 6.10. The lowest BCUT2D eigenvalue weighted by Gasteiger charge is -2.31. The van der Waals surface area contributed by atoms with Crippen molar-refractivity contribution in [1.82, 2.24) is 19.9 Å². The molecule has 1 amide bonds. The van der Waals surface area contributed by atoms with E-state index in [-0.39, 0.29) is 11.8 Å². The number of carbonyl (C=O) groups is 1. The Bertz CT molecular complexity index is 964. The summed E-state index contributed by atoms with van der Waals surface area (Å²) in [7, 11) is 2.02. The van der Waals surface area contributed by atoms with Gasteiger partial charge >= 0.3 is 0 Å². The number of amides is 1. The number of carbonyl (C=O) groups excluding carboxylic acids is 1. The Morgan fingerprint density at radius 2 is 2.11 bits per heavy atom. The summed E-state index contributed by atoms with van der Waals surface area (Å²) < 4.78 is 2.08. The molecule has 1 aromatic carbocycles. The van der Waals surface area contributed by atoms with Gasteiger partial charge < -0.3 is 14.8 Å². The van der Waals surface area contributed by atoms with E-state index in [1.54, 1.807) is 18.6 Å². The number of anilines is 1. The van der Waals surface area contributed by atoms with Gasteiger partial charge in [-0.15, -0.1) is 0 Å². The summed E-state index contributed by atoms with van der Waals surface area (Å²) in [4.78, 5) is 23.2. The van der Waals surface area contributed by atoms with Crippen molar-refractivity contribution in [1.29, 1.82) is 0 Å². The van der Waals surface area contributed by atoms with Crippen molar-refractivity contribution >= 4 is 34.2 Å². The molecule has 146 valence electrons. The first-order valence-electron chi connectivity index (χ1n) is 9.64. The number of nitrogens with one attached hydrogen (secondary N) is 1. The zero-order valence-electron chi connectivity index (χ0n) is 15.9. The number of nitrogens with zero attached hydrogens (tertiary/aromatic N) is 4. The maximum atomic E-state index is 12.6. The third-order valence-electron chi connectivity index (χ3n) is 5.47. The summed E-state index contributed by atoms with van der Waals surface area (Å²) in [6.07, 6.45) is 9.77. The molecule has 0 spiro atoms. The van der Waals surface area contributed by atoms with Gasteiger partial charge in [0.1, 0.15) is 5.82 Å². The lowest BCUT2D eigenvalue weighted by atomic mass is 9.96. The van der Waals surface area contributed by atoms with Crippen LogP contribution in [0.15, 0.2) is 43.0 Å². The van der Waals surface area contributed by atoms with Gasteiger partial charge in [0.2, 0.25) is 5.91 Å². The fraction of sp³-hybridized carbons (Fsp3) is 0.381. The monoisotopic (exact) mass is 397 g/mol. The average molecular weight is 398 g/mol. The molecular formula is C21H24ClN5O. The zero-order chi connectivity index (χ0) is 19.5. The molecule has 0 atom stereocenters. The number of aromatic nitrogens is 3. The number of hydrogen-bond acceptors (Lipinski definition) is 4. The molecule has 0 unspecified atom stereocenters. The second-order valence-electron chi connectivity index (χ2n) is 7.29. The van der Waals surface area contributed by atoms with Crippen molar-refractivity contribution < 1.29 is 4.79 Å². The highest BCUT2D eigenvalue weighted by atomic mass is 35.5. The quantitative estimate of drug-likeness (QED) is 0.718. The minimum atomic E-state index is 0.0687. The fourth-order valence-corrected chi connectivity index (χ4v) is 4.10. The maximum absolute atomic E-state index is 12.6. The van der Waals surface area contributed by atoms with Gasteiger partial charge in [-0.2, -0.15) is 0 Å². The summed E-state index contributed by atoms with van der Waals surface area (Å²) in [5, 5.41) is 5.05. The van der Waals surface area contributed by atoms with Gasteiger partial charge in [-0.1, -0.05) is 17.7 Å². The number of benzene rings is 1. The van der Waals surface area contributed by atoms with Crippen LogP contribution in [-0.2, 0) is 18.3 Å². The number of rotatable bonds is 5. The van der Waals surface area contributed by atoms with Crippen molar-refractivity contribution in [2.45, 2.75) is 19.3 Å². The molecule has 3 aromatic rings. The van der Waals surface area contributed by atoms with Crippen LogP contribution in [0.1, 0.15) is 18.4 Å². The third kappa shape index (κ3) is 3.97. The second-order valence-corrected chi connectivity index (χ2v) is 7.73. The van der Waals surface area contributed by atoms with E-state index >= 15 is 0 Å². The van der Waals surface area contributed by atoms with Crippen LogP contribution in [0.3, 0.4) is 0 Å². The smallest absolute Gasteiger partial charge is 0.223 e. The average Bonchev–Trinajstić information content (AvgIpc) is 3.03. The third-order valence-corrected chi connectivity index (χ3v) is 5.70. The molecule has 1 aliphatic rings. The summed E-state index contributed by atoms with van der Waals surface area (Å²) in [5.74, 6) is 1.11. The van der Waals surface area contributed by atoms with E-state index in [4.69, 9.17) is 11.6 Å². The Hall–Kier alpha value is -2.60. The van der Waals surface area contributed by atoms with Gasteiger partial charge in [0.25, 0.3) is 0 Å². The number of piperidine rings is 1. The molecule has 4 rings (SSSR count). The lowest BCUT2D eigenvalue weighted by Crippen LogP contribution is -2.41. The molecular weight excluding hydrogens is 374 g/mol. The Labute approximate surface area is 169 Å². The molecule has 1 aliphatic heterocycles. The van der Waals surface area contributed by atoms with Crippen LogP contribution in [0.5, 0.6) is 0 Å². The minimum absolute atomic E-state index is 0.0687. The van der Waals surface area contributed by atoms with E-state index in [0.29, 0.717) is 6.54 Å². The predicted octanol–water partition coefficient (Wildman–Crippen LogP) is 3.20. The molecule has 0 saturated carbocycles. The molecule has 0 aliphatic carbocycles. The van der Waals surface area contributed by atoms with Crippen LogP contribution in [0.25, 0.3) is 10.9 Å². The van der Waals surface area contributed by atoms with Gasteiger partial charge in [-0.05, 0) is 37.0 Å². The van der Waals surface area contributed by atoms with Gasteiger partial charge in [-0.3, -0.25) is 9.78 Å². The summed E-state index contributed by atoms with van der Waals surface area (Å²) in [5.41, 5.74) is 2.34. The fourth-order valence-electron chi connectivity index (χ4n) is 3.93. The largest absolute Gasteiger partial charge is 0.356 e. The van der Waals surface area contributed by atoms with Crippen LogP contribution >= 0.6 is 11.6 Å². The maximum Gasteiger partial charge on any atom is 0.223 e. The Kier molecular flexibility index (Phi) is 5.48. The molecule has 7 heteroatoms. The number of halogens is 1. The Balaban J connectivity index is 1.29. The van der Waals surface area contributed by atoms with Gasteiger partial charge in [0, 0.05) is 67.1 Å². The van der Waals surface area contributed by atoms with Crippen molar-refractivity contribution in [2.24, 2.45) is 13.0 Å². The Morgan fingerprint density at radius 3 is 2.86 bits per heavy atom. The highest BCUT2D eigenvalue weighted by Gasteiger charge is 2.25. The number of hydrogen-bond donors (Lipinski definition) is 1. The van der Waals surface area contributed by atoms with E-state index in [1.165, 1.54) is 10.9 Å². The van der Waals surface area contributed by atoms with Crippen molar-refractivity contribution in [3.8, 4) is 0 Å². The lowest BCUT2D eigenvalue weighted by molar-refractivity contribution is -0.125. The first-order chi connectivity index (χ1) is 13.6. The zero-order valence-corrected chi connectivity index (χ0v) is 16.7. The molecule has 0 radical (unpaired) electrons. The first-order valence-corrected chi connectivity index (χ1v) is 10.0. The Morgan fingerprint density at radius 1 is 1.29 bits per heavy atom. The van der Waals surface area contributed by atoms with E-state index in [2.05, 4.69) is 37.0 Å². The molecule has 1 saturated heterocycles. The highest BCUT2D eigenvalue weighted by molar-refractivity contribution is 6.31. The van der Waals surface area contributed by atoms with E-state index < -0.39 is 0 Å². The molecule has 6 nitrogen and oxygen atoms in total. The highest BCUT2D eigenvalue weighted by Crippen LogP contribution is 2.25. The molecule has 3 heterocycles.